The molecule has 1 spiro atoms. The van der Waals surface area contributed by atoms with Crippen LogP contribution in [0.25, 0.3) is 0 Å². The van der Waals surface area contributed by atoms with Gasteiger partial charge in [0.1, 0.15) is 0 Å². The molecule has 2 heterocycles. The molecule has 0 aromatic carbocycles. The summed E-state index contributed by atoms with van der Waals surface area (Å²) in [5.41, 5.74) is 0.600. The molecule has 0 unspecified atom stereocenters. The van der Waals surface area contributed by atoms with E-state index >= 15 is 0 Å². The van der Waals surface area contributed by atoms with E-state index in [0.717, 1.165) is 31.9 Å². The normalized spacial score (nSPS) is 20.1. The number of aliphatic imine (C=N–C) groups is 1. The van der Waals surface area contributed by atoms with Gasteiger partial charge in [0, 0.05) is 44.2 Å². The molecule has 2 aliphatic rings. The Balaban J connectivity index is 0.00000192. The molecule has 4 nitrogen and oxygen atoms in total. The molecular weight excluding hydrogens is 419 g/mol. The third kappa shape index (κ3) is 4.59. The number of thiazole rings is 1. The van der Waals surface area contributed by atoms with Crippen LogP contribution in [0.15, 0.2) is 11.2 Å². The highest BCUT2D eigenvalue weighted by Crippen LogP contribution is 2.45. The number of halogens is 1. The summed E-state index contributed by atoms with van der Waals surface area (Å²) in [5, 5.41) is 4.77. The van der Waals surface area contributed by atoms with Gasteiger partial charge in [0.25, 0.3) is 0 Å². The third-order valence-electron chi connectivity index (χ3n) is 5.19. The minimum absolute atomic E-state index is 0. The maximum atomic E-state index is 4.49. The van der Waals surface area contributed by atoms with Crippen molar-refractivity contribution in [3.05, 3.63) is 16.1 Å². The number of aromatic nitrogens is 1. The van der Waals surface area contributed by atoms with Crippen LogP contribution < -0.4 is 5.32 Å². The van der Waals surface area contributed by atoms with Crippen molar-refractivity contribution < 1.29 is 0 Å². The number of aryl methyl sites for hydroxylation is 1. The van der Waals surface area contributed by atoms with Gasteiger partial charge in [-0.2, -0.15) is 0 Å². The first-order chi connectivity index (χ1) is 10.7. The van der Waals surface area contributed by atoms with Crippen LogP contribution in [0.1, 0.15) is 48.9 Å². The summed E-state index contributed by atoms with van der Waals surface area (Å²) in [6.07, 6.45) is 11.1. The summed E-state index contributed by atoms with van der Waals surface area (Å²) in [7, 11) is 1.90. The second-order valence-corrected chi connectivity index (χ2v) is 7.88. The summed E-state index contributed by atoms with van der Waals surface area (Å²) < 4.78 is 0. The predicted molar refractivity (Wildman–Crippen MR) is 109 cm³/mol. The third-order valence-corrected chi connectivity index (χ3v) is 6.39. The number of likely N-dealkylation sites (tertiary alicyclic amines) is 1. The van der Waals surface area contributed by atoms with Gasteiger partial charge in [-0.3, -0.25) is 4.99 Å². The lowest BCUT2D eigenvalue weighted by molar-refractivity contribution is 0.309. The minimum atomic E-state index is 0. The molecule has 1 aromatic heterocycles. The number of nitrogens with zero attached hydrogens (tertiary/aromatic N) is 3. The van der Waals surface area contributed by atoms with Crippen molar-refractivity contribution in [2.75, 3.05) is 26.7 Å². The van der Waals surface area contributed by atoms with Crippen LogP contribution in [0.2, 0.25) is 0 Å². The van der Waals surface area contributed by atoms with Crippen molar-refractivity contribution in [3.8, 4) is 0 Å². The zero-order chi connectivity index (χ0) is 15.4. The highest BCUT2D eigenvalue weighted by atomic mass is 127. The highest BCUT2D eigenvalue weighted by Gasteiger charge is 2.40. The molecule has 1 aromatic rings. The van der Waals surface area contributed by atoms with E-state index in [0.29, 0.717) is 5.41 Å². The summed E-state index contributed by atoms with van der Waals surface area (Å²) in [6, 6.07) is 0. The van der Waals surface area contributed by atoms with Crippen LogP contribution in [0.4, 0.5) is 0 Å². The Morgan fingerprint density at radius 2 is 2.17 bits per heavy atom. The van der Waals surface area contributed by atoms with Gasteiger partial charge < -0.3 is 10.2 Å². The molecular formula is C17H29IN4S. The van der Waals surface area contributed by atoms with E-state index in [9.17, 15) is 0 Å². The van der Waals surface area contributed by atoms with Gasteiger partial charge in [0.15, 0.2) is 5.96 Å². The molecule has 0 amide bonds. The molecule has 1 saturated heterocycles. The highest BCUT2D eigenvalue weighted by molar-refractivity contribution is 14.0. The topological polar surface area (TPSA) is 40.5 Å². The zero-order valence-electron chi connectivity index (χ0n) is 14.3. The van der Waals surface area contributed by atoms with E-state index in [-0.39, 0.29) is 24.0 Å². The predicted octanol–water partition coefficient (Wildman–Crippen LogP) is 3.71. The van der Waals surface area contributed by atoms with Crippen molar-refractivity contribution >= 4 is 41.3 Å². The summed E-state index contributed by atoms with van der Waals surface area (Å²) in [4.78, 5) is 12.8. The minimum Gasteiger partial charge on any atom is -0.356 e. The Morgan fingerprint density at radius 3 is 2.83 bits per heavy atom. The smallest absolute Gasteiger partial charge is 0.193 e. The average molecular weight is 448 g/mol. The maximum Gasteiger partial charge on any atom is 0.193 e. The Morgan fingerprint density at radius 1 is 1.39 bits per heavy atom. The fraction of sp³-hybridized carbons (Fsp3) is 0.765. The molecule has 3 rings (SSSR count). The first-order valence-electron chi connectivity index (χ1n) is 8.64. The van der Waals surface area contributed by atoms with E-state index in [1.54, 1.807) is 0 Å². The Labute approximate surface area is 161 Å². The van der Waals surface area contributed by atoms with Gasteiger partial charge in [0.05, 0.1) is 5.01 Å². The quantitative estimate of drug-likeness (QED) is 0.434. The van der Waals surface area contributed by atoms with E-state index in [4.69, 9.17) is 0 Å². The second-order valence-electron chi connectivity index (χ2n) is 6.68. The lowest BCUT2D eigenvalue weighted by Crippen LogP contribution is -2.41. The van der Waals surface area contributed by atoms with Crippen LogP contribution in [0, 0.1) is 5.41 Å². The van der Waals surface area contributed by atoms with Crippen molar-refractivity contribution in [1.82, 2.24) is 15.2 Å². The standard InChI is InChI=1S/C17H28N4S.HI/c1-3-14-12-20-15(22-14)6-10-19-16(18-2)21-11-9-17(13-21)7-4-5-8-17;/h12H,3-11,13H2,1-2H3,(H,18,19);1H. The molecule has 0 atom stereocenters. The van der Waals surface area contributed by atoms with Crippen molar-refractivity contribution in [3.63, 3.8) is 0 Å². The number of hydrogen-bond donors (Lipinski definition) is 1. The molecule has 23 heavy (non-hydrogen) atoms. The summed E-state index contributed by atoms with van der Waals surface area (Å²) in [5.74, 6) is 1.08. The fourth-order valence-corrected chi connectivity index (χ4v) is 4.75. The van der Waals surface area contributed by atoms with Crippen LogP contribution >= 0.6 is 35.3 Å². The van der Waals surface area contributed by atoms with E-state index < -0.39 is 0 Å². The van der Waals surface area contributed by atoms with Gasteiger partial charge in [-0.1, -0.05) is 19.8 Å². The van der Waals surface area contributed by atoms with E-state index in [2.05, 4.69) is 27.1 Å². The molecule has 130 valence electrons. The van der Waals surface area contributed by atoms with E-state index in [1.807, 2.05) is 24.6 Å². The van der Waals surface area contributed by atoms with Gasteiger partial charge >= 0.3 is 0 Å². The molecule has 1 aliphatic heterocycles. The molecule has 0 radical (unpaired) electrons. The number of guanidine groups is 1. The number of rotatable bonds is 4. The lowest BCUT2D eigenvalue weighted by atomic mass is 9.86. The first kappa shape index (κ1) is 19.0. The summed E-state index contributed by atoms with van der Waals surface area (Å²) >= 11 is 1.84. The van der Waals surface area contributed by atoms with Gasteiger partial charge in [0.2, 0.25) is 0 Å². The first-order valence-corrected chi connectivity index (χ1v) is 9.45. The monoisotopic (exact) mass is 448 g/mol. The molecule has 2 fully saturated rings. The van der Waals surface area contributed by atoms with Crippen LogP contribution in [0.5, 0.6) is 0 Å². The Bertz CT molecular complexity index is 522. The van der Waals surface area contributed by atoms with Crippen LogP contribution in [0.3, 0.4) is 0 Å². The number of hydrogen-bond acceptors (Lipinski definition) is 3. The van der Waals surface area contributed by atoms with Crippen LogP contribution in [-0.2, 0) is 12.8 Å². The van der Waals surface area contributed by atoms with Crippen molar-refractivity contribution in [2.45, 2.75) is 51.9 Å². The van der Waals surface area contributed by atoms with Crippen molar-refractivity contribution in [1.29, 1.82) is 0 Å². The van der Waals surface area contributed by atoms with Gasteiger partial charge in [-0.05, 0) is 31.1 Å². The number of nitrogens with one attached hydrogen (secondary N) is 1. The van der Waals surface area contributed by atoms with Gasteiger partial charge in [-0.15, -0.1) is 35.3 Å². The Hall–Kier alpha value is -0.370. The summed E-state index contributed by atoms with van der Waals surface area (Å²) in [6.45, 7) is 5.47. The molecule has 1 saturated carbocycles. The largest absolute Gasteiger partial charge is 0.356 e. The molecule has 1 aliphatic carbocycles. The Kier molecular flexibility index (Phi) is 7.13. The second kappa shape index (κ2) is 8.65. The lowest BCUT2D eigenvalue weighted by Gasteiger charge is -2.25. The maximum absolute atomic E-state index is 4.49. The molecule has 0 bridgehead atoms. The van der Waals surface area contributed by atoms with Gasteiger partial charge in [-0.25, -0.2) is 4.98 Å². The van der Waals surface area contributed by atoms with Crippen molar-refractivity contribution in [2.24, 2.45) is 10.4 Å². The zero-order valence-corrected chi connectivity index (χ0v) is 17.5. The van der Waals surface area contributed by atoms with E-state index in [1.165, 1.54) is 48.5 Å². The SMILES string of the molecule is CCc1cnc(CCNC(=NC)N2CCC3(CCCC3)C2)s1.I. The molecule has 6 heteroatoms. The fourth-order valence-electron chi connectivity index (χ4n) is 3.89. The average Bonchev–Trinajstić information content (AvgIpc) is 3.26. The molecule has 1 N–H and O–H groups in total. The van der Waals surface area contributed by atoms with Crippen LogP contribution in [-0.4, -0.2) is 42.5 Å².